The summed E-state index contributed by atoms with van der Waals surface area (Å²) in [7, 11) is 0. The van der Waals surface area contributed by atoms with Gasteiger partial charge in [0.05, 0.1) is 6.42 Å². The van der Waals surface area contributed by atoms with E-state index in [1.807, 2.05) is 37.3 Å². The molecule has 0 spiro atoms. The van der Waals surface area contributed by atoms with Crippen LogP contribution in [0.4, 0.5) is 5.69 Å². The van der Waals surface area contributed by atoms with Crippen LogP contribution in [0, 0.1) is 6.92 Å². The highest BCUT2D eigenvalue weighted by molar-refractivity contribution is 5.92. The molecule has 20 heavy (non-hydrogen) atoms. The van der Waals surface area contributed by atoms with E-state index in [0.717, 1.165) is 16.9 Å². The normalized spacial score (nSPS) is 10.6. The molecular weight excluding hydrogens is 248 g/mol. The molecule has 0 saturated heterocycles. The van der Waals surface area contributed by atoms with Crippen LogP contribution in [0.2, 0.25) is 0 Å². The third-order valence-electron chi connectivity index (χ3n) is 3.15. The monoisotopic (exact) mass is 268 g/mol. The second-order valence-corrected chi connectivity index (χ2v) is 5.33. The standard InChI is InChI=1S/C17H20N2O/c1-12(2)14-5-4-6-16(9-14)19-17(20)10-15-8-7-13(3)11-18-15/h4-9,11-12H,10H2,1-3H3,(H,19,20). The quantitative estimate of drug-likeness (QED) is 0.918. The minimum Gasteiger partial charge on any atom is -0.326 e. The largest absolute Gasteiger partial charge is 0.326 e. The molecule has 0 radical (unpaired) electrons. The third-order valence-corrected chi connectivity index (χ3v) is 3.15. The highest BCUT2D eigenvalue weighted by atomic mass is 16.1. The molecule has 2 aromatic rings. The molecule has 0 fully saturated rings. The highest BCUT2D eigenvalue weighted by Gasteiger charge is 2.06. The molecule has 0 saturated carbocycles. The molecule has 3 nitrogen and oxygen atoms in total. The summed E-state index contributed by atoms with van der Waals surface area (Å²) in [6.45, 7) is 6.25. The van der Waals surface area contributed by atoms with Crippen LogP contribution in [0.25, 0.3) is 0 Å². The Morgan fingerprint density at radius 2 is 2.05 bits per heavy atom. The molecule has 1 aromatic heterocycles. The van der Waals surface area contributed by atoms with Crippen molar-refractivity contribution in [1.29, 1.82) is 0 Å². The number of nitrogens with zero attached hydrogens (tertiary/aromatic N) is 1. The molecule has 0 aliphatic heterocycles. The Labute approximate surface area is 120 Å². The Morgan fingerprint density at radius 1 is 1.25 bits per heavy atom. The number of nitrogens with one attached hydrogen (secondary N) is 1. The zero-order chi connectivity index (χ0) is 14.5. The van der Waals surface area contributed by atoms with Gasteiger partial charge < -0.3 is 5.32 Å². The minimum atomic E-state index is -0.0396. The number of carbonyl (C=O) groups is 1. The maximum absolute atomic E-state index is 12.0. The summed E-state index contributed by atoms with van der Waals surface area (Å²) in [6, 6.07) is 11.8. The Kier molecular flexibility index (Phi) is 4.51. The van der Waals surface area contributed by atoms with Crippen LogP contribution < -0.4 is 5.32 Å². The van der Waals surface area contributed by atoms with E-state index >= 15 is 0 Å². The average molecular weight is 268 g/mol. The number of pyridine rings is 1. The second kappa shape index (κ2) is 6.33. The van der Waals surface area contributed by atoms with E-state index < -0.39 is 0 Å². The fourth-order valence-electron chi connectivity index (χ4n) is 1.95. The number of benzene rings is 1. The van der Waals surface area contributed by atoms with Gasteiger partial charge in [-0.2, -0.15) is 0 Å². The fraction of sp³-hybridized carbons (Fsp3) is 0.294. The minimum absolute atomic E-state index is 0.0396. The number of anilines is 1. The Bertz CT molecular complexity index is 588. The van der Waals surface area contributed by atoms with Gasteiger partial charge in [0.2, 0.25) is 5.91 Å². The van der Waals surface area contributed by atoms with Crippen LogP contribution in [0.5, 0.6) is 0 Å². The van der Waals surface area contributed by atoms with Gasteiger partial charge in [0.1, 0.15) is 0 Å². The fourth-order valence-corrected chi connectivity index (χ4v) is 1.95. The van der Waals surface area contributed by atoms with Gasteiger partial charge in [-0.1, -0.05) is 32.0 Å². The number of amides is 1. The van der Waals surface area contributed by atoms with Crippen molar-refractivity contribution in [3.05, 3.63) is 59.4 Å². The zero-order valence-corrected chi connectivity index (χ0v) is 12.2. The number of carbonyl (C=O) groups excluding carboxylic acids is 1. The number of aromatic nitrogens is 1. The molecule has 0 aliphatic rings. The van der Waals surface area contributed by atoms with Gasteiger partial charge in [-0.3, -0.25) is 9.78 Å². The van der Waals surface area contributed by atoms with Gasteiger partial charge in [0.15, 0.2) is 0 Å². The van der Waals surface area contributed by atoms with E-state index in [1.54, 1.807) is 6.20 Å². The van der Waals surface area contributed by atoms with E-state index in [9.17, 15) is 4.79 Å². The van der Waals surface area contributed by atoms with Crippen molar-refractivity contribution in [2.45, 2.75) is 33.1 Å². The van der Waals surface area contributed by atoms with Gasteiger partial charge in [0.25, 0.3) is 0 Å². The van der Waals surface area contributed by atoms with E-state index in [0.29, 0.717) is 12.3 Å². The predicted octanol–water partition coefficient (Wildman–Crippen LogP) is 3.69. The van der Waals surface area contributed by atoms with Crippen molar-refractivity contribution in [2.24, 2.45) is 0 Å². The molecule has 1 aromatic carbocycles. The molecule has 1 heterocycles. The average Bonchev–Trinajstić information content (AvgIpc) is 2.41. The van der Waals surface area contributed by atoms with E-state index in [4.69, 9.17) is 0 Å². The predicted molar refractivity (Wildman–Crippen MR) is 81.8 cm³/mol. The van der Waals surface area contributed by atoms with Gasteiger partial charge in [-0.25, -0.2) is 0 Å². The topological polar surface area (TPSA) is 42.0 Å². The molecule has 2 rings (SSSR count). The lowest BCUT2D eigenvalue weighted by molar-refractivity contribution is -0.115. The molecule has 0 aliphatic carbocycles. The summed E-state index contributed by atoms with van der Waals surface area (Å²) < 4.78 is 0. The molecule has 1 N–H and O–H groups in total. The van der Waals surface area contributed by atoms with Gasteiger partial charge >= 0.3 is 0 Å². The van der Waals surface area contributed by atoms with Crippen molar-refractivity contribution in [3.63, 3.8) is 0 Å². The molecule has 0 atom stereocenters. The molecule has 1 amide bonds. The maximum atomic E-state index is 12.0. The maximum Gasteiger partial charge on any atom is 0.230 e. The summed E-state index contributed by atoms with van der Waals surface area (Å²) in [4.78, 5) is 16.2. The number of aryl methyl sites for hydroxylation is 1. The molecular formula is C17H20N2O. The van der Waals surface area contributed by atoms with E-state index in [-0.39, 0.29) is 5.91 Å². The van der Waals surface area contributed by atoms with Crippen molar-refractivity contribution in [2.75, 3.05) is 5.32 Å². The van der Waals surface area contributed by atoms with Crippen molar-refractivity contribution >= 4 is 11.6 Å². The third kappa shape index (κ3) is 3.92. The second-order valence-electron chi connectivity index (χ2n) is 5.33. The van der Waals surface area contributed by atoms with E-state index in [1.165, 1.54) is 5.56 Å². The lowest BCUT2D eigenvalue weighted by Gasteiger charge is -2.09. The lowest BCUT2D eigenvalue weighted by atomic mass is 10.0. The van der Waals surface area contributed by atoms with Crippen LogP contribution in [0.3, 0.4) is 0 Å². The van der Waals surface area contributed by atoms with E-state index in [2.05, 4.69) is 30.2 Å². The molecule has 0 unspecified atom stereocenters. The summed E-state index contributed by atoms with van der Waals surface area (Å²) >= 11 is 0. The van der Waals surface area contributed by atoms with Crippen LogP contribution in [-0.2, 0) is 11.2 Å². The van der Waals surface area contributed by atoms with Gasteiger partial charge in [-0.15, -0.1) is 0 Å². The summed E-state index contributed by atoms with van der Waals surface area (Å²) in [5.74, 6) is 0.410. The molecule has 104 valence electrons. The number of rotatable bonds is 4. The molecule has 0 bridgehead atoms. The van der Waals surface area contributed by atoms with Crippen LogP contribution in [0.1, 0.15) is 36.6 Å². The van der Waals surface area contributed by atoms with Gasteiger partial charge in [0, 0.05) is 17.6 Å². The Balaban J connectivity index is 2.01. The summed E-state index contributed by atoms with van der Waals surface area (Å²) in [5, 5.41) is 2.92. The lowest BCUT2D eigenvalue weighted by Crippen LogP contribution is -2.15. The zero-order valence-electron chi connectivity index (χ0n) is 12.2. The van der Waals surface area contributed by atoms with Crippen LogP contribution in [0.15, 0.2) is 42.6 Å². The first-order valence-corrected chi connectivity index (χ1v) is 6.86. The first-order valence-electron chi connectivity index (χ1n) is 6.86. The van der Waals surface area contributed by atoms with Gasteiger partial charge in [-0.05, 0) is 42.2 Å². The summed E-state index contributed by atoms with van der Waals surface area (Å²) in [5.41, 5.74) is 3.94. The summed E-state index contributed by atoms with van der Waals surface area (Å²) in [6.07, 6.45) is 2.08. The first kappa shape index (κ1) is 14.3. The Morgan fingerprint density at radius 3 is 2.70 bits per heavy atom. The Hall–Kier alpha value is -2.16. The van der Waals surface area contributed by atoms with Crippen LogP contribution in [-0.4, -0.2) is 10.9 Å². The van der Waals surface area contributed by atoms with Crippen molar-refractivity contribution in [3.8, 4) is 0 Å². The first-order chi connectivity index (χ1) is 9.54. The number of hydrogen-bond donors (Lipinski definition) is 1. The van der Waals surface area contributed by atoms with Crippen molar-refractivity contribution < 1.29 is 4.79 Å². The number of hydrogen-bond acceptors (Lipinski definition) is 2. The SMILES string of the molecule is Cc1ccc(CC(=O)Nc2cccc(C(C)C)c2)nc1. The molecule has 3 heteroatoms. The smallest absolute Gasteiger partial charge is 0.230 e. The highest BCUT2D eigenvalue weighted by Crippen LogP contribution is 2.18. The van der Waals surface area contributed by atoms with Crippen LogP contribution >= 0.6 is 0 Å². The van der Waals surface area contributed by atoms with Crippen molar-refractivity contribution in [1.82, 2.24) is 4.98 Å².